The minimum atomic E-state index is 0.705. The van der Waals surface area contributed by atoms with Gasteiger partial charge in [-0.05, 0) is 34.6 Å². The predicted octanol–water partition coefficient (Wildman–Crippen LogP) is 5.20. The van der Waals surface area contributed by atoms with Crippen molar-refractivity contribution in [2.75, 3.05) is 0 Å². The van der Waals surface area contributed by atoms with E-state index in [-0.39, 0.29) is 0 Å². The SMILES string of the molecule is C=Cc1ccccc1-c1ccc(CC(C)C)cc1. The van der Waals surface area contributed by atoms with Crippen LogP contribution in [-0.4, -0.2) is 0 Å². The molecule has 0 N–H and O–H groups in total. The van der Waals surface area contributed by atoms with Crippen LogP contribution in [-0.2, 0) is 6.42 Å². The maximum absolute atomic E-state index is 3.87. The van der Waals surface area contributed by atoms with Crippen LogP contribution in [0.25, 0.3) is 17.2 Å². The summed E-state index contributed by atoms with van der Waals surface area (Å²) in [5, 5.41) is 0. The molecule has 0 bridgehead atoms. The zero-order valence-corrected chi connectivity index (χ0v) is 11.2. The summed E-state index contributed by atoms with van der Waals surface area (Å²) in [6, 6.07) is 17.3. The molecule has 0 spiro atoms. The van der Waals surface area contributed by atoms with Gasteiger partial charge in [-0.2, -0.15) is 0 Å². The first-order valence-corrected chi connectivity index (χ1v) is 6.51. The summed E-state index contributed by atoms with van der Waals surface area (Å²) in [4.78, 5) is 0. The van der Waals surface area contributed by atoms with Crippen LogP contribution >= 0.6 is 0 Å². The Morgan fingerprint density at radius 3 is 2.28 bits per heavy atom. The smallest absolute Gasteiger partial charge is 0.0112 e. The Labute approximate surface area is 110 Å². The minimum Gasteiger partial charge on any atom is -0.0984 e. The van der Waals surface area contributed by atoms with Gasteiger partial charge in [-0.3, -0.25) is 0 Å². The lowest BCUT2D eigenvalue weighted by atomic mass is 9.96. The molecule has 0 aromatic heterocycles. The molecule has 0 aliphatic rings. The van der Waals surface area contributed by atoms with Gasteiger partial charge < -0.3 is 0 Å². The van der Waals surface area contributed by atoms with Crippen molar-refractivity contribution in [1.82, 2.24) is 0 Å². The summed E-state index contributed by atoms with van der Waals surface area (Å²) in [6.07, 6.45) is 3.06. The molecular formula is C18H20. The number of hydrogen-bond donors (Lipinski definition) is 0. The molecular weight excluding hydrogens is 216 g/mol. The highest BCUT2D eigenvalue weighted by Gasteiger charge is 2.02. The summed E-state index contributed by atoms with van der Waals surface area (Å²) in [5.41, 5.74) is 5.11. The zero-order chi connectivity index (χ0) is 13.0. The molecule has 0 atom stereocenters. The second-order valence-corrected chi connectivity index (χ2v) is 5.09. The van der Waals surface area contributed by atoms with Crippen molar-refractivity contribution in [1.29, 1.82) is 0 Å². The normalized spacial score (nSPS) is 10.6. The third kappa shape index (κ3) is 2.89. The molecule has 0 saturated carbocycles. The first kappa shape index (κ1) is 12.6. The molecule has 0 fully saturated rings. The zero-order valence-electron chi connectivity index (χ0n) is 11.2. The highest BCUT2D eigenvalue weighted by Crippen LogP contribution is 2.25. The molecule has 0 nitrogen and oxygen atoms in total. The van der Waals surface area contributed by atoms with Gasteiger partial charge in [0.2, 0.25) is 0 Å². The molecule has 2 aromatic carbocycles. The molecule has 0 heteroatoms. The highest BCUT2D eigenvalue weighted by atomic mass is 14.1. The van der Waals surface area contributed by atoms with Gasteiger partial charge in [-0.25, -0.2) is 0 Å². The molecule has 0 heterocycles. The lowest BCUT2D eigenvalue weighted by Crippen LogP contribution is -1.93. The predicted molar refractivity (Wildman–Crippen MR) is 80.5 cm³/mol. The van der Waals surface area contributed by atoms with E-state index in [0.717, 1.165) is 6.42 Å². The maximum Gasteiger partial charge on any atom is -0.0112 e. The van der Waals surface area contributed by atoms with E-state index in [1.807, 2.05) is 12.1 Å². The van der Waals surface area contributed by atoms with Crippen LogP contribution in [0.3, 0.4) is 0 Å². The van der Waals surface area contributed by atoms with Gasteiger partial charge in [-0.15, -0.1) is 0 Å². The van der Waals surface area contributed by atoms with E-state index in [2.05, 4.69) is 62.9 Å². The van der Waals surface area contributed by atoms with Gasteiger partial charge in [0.25, 0.3) is 0 Å². The lowest BCUT2D eigenvalue weighted by molar-refractivity contribution is 0.647. The standard InChI is InChI=1S/C18H20/c1-4-16-7-5-6-8-18(16)17-11-9-15(10-12-17)13-14(2)3/h4-12,14H,1,13H2,2-3H3. The van der Waals surface area contributed by atoms with E-state index in [1.165, 1.54) is 22.3 Å². The van der Waals surface area contributed by atoms with Crippen molar-refractivity contribution in [3.8, 4) is 11.1 Å². The van der Waals surface area contributed by atoms with Crippen molar-refractivity contribution >= 4 is 6.08 Å². The van der Waals surface area contributed by atoms with E-state index in [9.17, 15) is 0 Å². The molecule has 2 aromatic rings. The minimum absolute atomic E-state index is 0.705. The molecule has 0 aliphatic heterocycles. The average molecular weight is 236 g/mol. The number of rotatable bonds is 4. The summed E-state index contributed by atoms with van der Waals surface area (Å²) in [6.45, 7) is 8.38. The molecule has 18 heavy (non-hydrogen) atoms. The van der Waals surface area contributed by atoms with Gasteiger partial charge in [0, 0.05) is 0 Å². The molecule has 0 saturated heterocycles. The van der Waals surface area contributed by atoms with Crippen LogP contribution in [0.4, 0.5) is 0 Å². The van der Waals surface area contributed by atoms with Crippen LogP contribution in [0, 0.1) is 5.92 Å². The molecule has 92 valence electrons. The summed E-state index contributed by atoms with van der Waals surface area (Å²) in [5.74, 6) is 0.705. The van der Waals surface area contributed by atoms with Crippen molar-refractivity contribution in [2.24, 2.45) is 5.92 Å². The molecule has 0 radical (unpaired) electrons. The van der Waals surface area contributed by atoms with Gasteiger partial charge in [0.15, 0.2) is 0 Å². The first-order valence-electron chi connectivity index (χ1n) is 6.51. The van der Waals surface area contributed by atoms with Crippen molar-refractivity contribution in [3.63, 3.8) is 0 Å². The number of hydrogen-bond acceptors (Lipinski definition) is 0. The van der Waals surface area contributed by atoms with Crippen molar-refractivity contribution < 1.29 is 0 Å². The van der Waals surface area contributed by atoms with Gasteiger partial charge in [0.05, 0.1) is 0 Å². The van der Waals surface area contributed by atoms with E-state index < -0.39 is 0 Å². The fourth-order valence-corrected chi connectivity index (χ4v) is 2.23. The van der Waals surface area contributed by atoms with Crippen LogP contribution in [0.1, 0.15) is 25.0 Å². The van der Waals surface area contributed by atoms with E-state index >= 15 is 0 Å². The monoisotopic (exact) mass is 236 g/mol. The molecule has 0 amide bonds. The van der Waals surface area contributed by atoms with Crippen LogP contribution in [0.5, 0.6) is 0 Å². The number of benzene rings is 2. The molecule has 0 unspecified atom stereocenters. The Kier molecular flexibility index (Phi) is 3.99. The Morgan fingerprint density at radius 2 is 1.67 bits per heavy atom. The Bertz CT molecular complexity index is 518. The molecule has 2 rings (SSSR count). The van der Waals surface area contributed by atoms with Gasteiger partial charge in [0.1, 0.15) is 0 Å². The van der Waals surface area contributed by atoms with E-state index in [4.69, 9.17) is 0 Å². The maximum atomic E-state index is 3.87. The third-order valence-electron chi connectivity index (χ3n) is 3.09. The third-order valence-corrected chi connectivity index (χ3v) is 3.09. The highest BCUT2D eigenvalue weighted by molar-refractivity contribution is 5.74. The average Bonchev–Trinajstić information content (AvgIpc) is 2.39. The second kappa shape index (κ2) is 5.68. The second-order valence-electron chi connectivity index (χ2n) is 5.09. The Morgan fingerprint density at radius 1 is 1.00 bits per heavy atom. The van der Waals surface area contributed by atoms with Crippen molar-refractivity contribution in [3.05, 3.63) is 66.2 Å². The fraction of sp³-hybridized carbons (Fsp3) is 0.222. The first-order chi connectivity index (χ1) is 8.70. The quantitative estimate of drug-likeness (QED) is 0.685. The van der Waals surface area contributed by atoms with E-state index in [0.29, 0.717) is 5.92 Å². The van der Waals surface area contributed by atoms with Crippen LogP contribution < -0.4 is 0 Å². The van der Waals surface area contributed by atoms with Gasteiger partial charge in [-0.1, -0.05) is 75.0 Å². The molecule has 0 aliphatic carbocycles. The Balaban J connectivity index is 2.31. The summed E-state index contributed by atoms with van der Waals surface area (Å²) in [7, 11) is 0. The largest absolute Gasteiger partial charge is 0.0984 e. The van der Waals surface area contributed by atoms with E-state index in [1.54, 1.807) is 0 Å². The van der Waals surface area contributed by atoms with Crippen LogP contribution in [0.15, 0.2) is 55.1 Å². The fourth-order valence-electron chi connectivity index (χ4n) is 2.23. The van der Waals surface area contributed by atoms with Gasteiger partial charge >= 0.3 is 0 Å². The summed E-state index contributed by atoms with van der Waals surface area (Å²) >= 11 is 0. The lowest BCUT2D eigenvalue weighted by Gasteiger charge is -2.08. The topological polar surface area (TPSA) is 0 Å². The summed E-state index contributed by atoms with van der Waals surface area (Å²) < 4.78 is 0. The van der Waals surface area contributed by atoms with Crippen molar-refractivity contribution in [2.45, 2.75) is 20.3 Å². The Hall–Kier alpha value is -1.82. The van der Waals surface area contributed by atoms with Crippen LogP contribution in [0.2, 0.25) is 0 Å².